The van der Waals surface area contributed by atoms with Gasteiger partial charge in [-0.1, -0.05) is 23.4 Å². The van der Waals surface area contributed by atoms with Gasteiger partial charge in [-0.15, -0.1) is 0 Å². The number of methoxy groups -OCH3 is 1. The third-order valence-corrected chi connectivity index (χ3v) is 2.22. The summed E-state index contributed by atoms with van der Waals surface area (Å²) in [6, 6.07) is 5.21. The molecule has 0 saturated carbocycles. The average Bonchev–Trinajstić information content (AvgIpc) is 2.29. The molecular weight excluding hydrogens is 240 g/mol. The summed E-state index contributed by atoms with van der Waals surface area (Å²) >= 11 is 5.94. The quantitative estimate of drug-likeness (QED) is 0.613. The number of carbonyl (C=O) groups is 1. The van der Waals surface area contributed by atoms with Crippen LogP contribution in [0.5, 0.6) is 5.75 Å². The third-order valence-electron chi connectivity index (χ3n) is 1.92. The highest BCUT2D eigenvalue weighted by Gasteiger charge is 2.00. The molecule has 0 radical (unpaired) electrons. The Morgan fingerprint density at radius 1 is 1.47 bits per heavy atom. The normalized spacial score (nSPS) is 9.12. The molecule has 1 aromatic rings. The van der Waals surface area contributed by atoms with E-state index in [1.165, 1.54) is 0 Å². The Morgan fingerprint density at radius 3 is 2.82 bits per heavy atom. The predicted octanol–water partition coefficient (Wildman–Crippen LogP) is 2.65. The lowest BCUT2D eigenvalue weighted by Gasteiger charge is -2.01. The van der Waals surface area contributed by atoms with Crippen LogP contribution in [-0.2, 0) is 9.53 Å². The lowest BCUT2D eigenvalue weighted by atomic mass is 10.2. The minimum absolute atomic E-state index is 0.0808. The Kier molecular flexibility index (Phi) is 5.38. The number of hydrogen-bond acceptors (Lipinski definition) is 3. The Morgan fingerprint density at radius 2 is 2.24 bits per heavy atom. The van der Waals surface area contributed by atoms with Gasteiger partial charge in [-0.2, -0.15) is 0 Å². The van der Waals surface area contributed by atoms with Crippen molar-refractivity contribution < 1.29 is 14.3 Å². The van der Waals surface area contributed by atoms with Crippen LogP contribution in [0.2, 0.25) is 5.02 Å². The topological polar surface area (TPSA) is 35.5 Å². The number of halogens is 1. The molecule has 1 rings (SSSR count). The van der Waals surface area contributed by atoms with E-state index in [0.717, 1.165) is 5.56 Å². The zero-order valence-electron chi connectivity index (χ0n) is 9.75. The number of rotatable bonds is 3. The van der Waals surface area contributed by atoms with Crippen LogP contribution in [0.4, 0.5) is 0 Å². The highest BCUT2D eigenvalue weighted by Crippen LogP contribution is 2.24. The summed E-state index contributed by atoms with van der Waals surface area (Å²) in [5.74, 6) is 5.84. The van der Waals surface area contributed by atoms with Crippen LogP contribution in [0, 0.1) is 11.8 Å². The van der Waals surface area contributed by atoms with Crippen molar-refractivity contribution in [1.29, 1.82) is 0 Å². The van der Waals surface area contributed by atoms with Crippen LogP contribution in [0.1, 0.15) is 18.9 Å². The van der Waals surface area contributed by atoms with Gasteiger partial charge in [0.2, 0.25) is 0 Å². The van der Waals surface area contributed by atoms with Crippen LogP contribution in [0.15, 0.2) is 18.2 Å². The zero-order valence-corrected chi connectivity index (χ0v) is 10.5. The van der Waals surface area contributed by atoms with Crippen LogP contribution >= 0.6 is 11.6 Å². The van der Waals surface area contributed by atoms with Crippen molar-refractivity contribution in [3.8, 4) is 17.6 Å². The molecule has 3 nitrogen and oxygen atoms in total. The fourth-order valence-electron chi connectivity index (χ4n) is 1.17. The van der Waals surface area contributed by atoms with Crippen molar-refractivity contribution in [3.05, 3.63) is 28.8 Å². The molecular formula is C13H13ClO3. The molecule has 0 amide bonds. The molecule has 0 heterocycles. The molecule has 0 aliphatic rings. The molecule has 0 saturated heterocycles. The lowest BCUT2D eigenvalue weighted by molar-refractivity contribution is -0.141. The molecule has 0 aliphatic heterocycles. The van der Waals surface area contributed by atoms with E-state index in [1.54, 1.807) is 32.2 Å². The van der Waals surface area contributed by atoms with Crippen molar-refractivity contribution in [3.63, 3.8) is 0 Å². The first-order chi connectivity index (χ1) is 8.17. The fourth-order valence-corrected chi connectivity index (χ4v) is 1.43. The van der Waals surface area contributed by atoms with Gasteiger partial charge in [-0.25, -0.2) is 0 Å². The van der Waals surface area contributed by atoms with Crippen LogP contribution < -0.4 is 4.74 Å². The fraction of sp³-hybridized carbons (Fsp3) is 0.308. The maximum atomic E-state index is 11.0. The van der Waals surface area contributed by atoms with Crippen molar-refractivity contribution in [2.45, 2.75) is 13.3 Å². The van der Waals surface area contributed by atoms with Crippen LogP contribution in [-0.4, -0.2) is 19.7 Å². The van der Waals surface area contributed by atoms with Gasteiger partial charge in [0.05, 0.1) is 18.7 Å². The standard InChI is InChI=1S/C13H13ClO3/c1-3-17-13(15)6-4-5-10-7-8-12(16-2)11(14)9-10/h7-9H,3,6H2,1-2H3. The molecule has 4 heteroatoms. The first-order valence-corrected chi connectivity index (χ1v) is 5.53. The second kappa shape index (κ2) is 6.82. The van der Waals surface area contributed by atoms with Gasteiger partial charge in [0.25, 0.3) is 0 Å². The number of hydrogen-bond donors (Lipinski definition) is 0. The monoisotopic (exact) mass is 252 g/mol. The number of carbonyl (C=O) groups excluding carboxylic acids is 1. The Hall–Kier alpha value is -1.66. The van der Waals surface area contributed by atoms with Gasteiger partial charge in [-0.3, -0.25) is 4.79 Å². The van der Waals surface area contributed by atoms with Gasteiger partial charge in [0, 0.05) is 5.56 Å². The highest BCUT2D eigenvalue weighted by atomic mass is 35.5. The van der Waals surface area contributed by atoms with E-state index >= 15 is 0 Å². The Bertz CT molecular complexity index is 457. The smallest absolute Gasteiger partial charge is 0.317 e. The molecule has 0 bridgehead atoms. The van der Waals surface area contributed by atoms with E-state index < -0.39 is 0 Å². The van der Waals surface area contributed by atoms with Gasteiger partial charge >= 0.3 is 5.97 Å². The summed E-state index contributed by atoms with van der Waals surface area (Å²) in [7, 11) is 1.55. The first kappa shape index (κ1) is 13.4. The second-order valence-electron chi connectivity index (χ2n) is 3.13. The second-order valence-corrected chi connectivity index (χ2v) is 3.54. The van der Waals surface area contributed by atoms with Gasteiger partial charge in [-0.05, 0) is 25.1 Å². The molecule has 0 aromatic heterocycles. The van der Waals surface area contributed by atoms with Crippen molar-refractivity contribution >= 4 is 17.6 Å². The molecule has 0 atom stereocenters. The molecule has 0 N–H and O–H groups in total. The minimum Gasteiger partial charge on any atom is -0.495 e. The first-order valence-electron chi connectivity index (χ1n) is 5.15. The highest BCUT2D eigenvalue weighted by molar-refractivity contribution is 6.32. The molecule has 1 aromatic carbocycles. The lowest BCUT2D eigenvalue weighted by Crippen LogP contribution is -2.01. The van der Waals surface area contributed by atoms with Crippen molar-refractivity contribution in [1.82, 2.24) is 0 Å². The number of ether oxygens (including phenoxy) is 2. The summed E-state index contributed by atoms with van der Waals surface area (Å²) in [5.41, 5.74) is 0.736. The molecule has 0 spiro atoms. The van der Waals surface area contributed by atoms with E-state index in [4.69, 9.17) is 21.1 Å². The molecule has 0 aliphatic carbocycles. The van der Waals surface area contributed by atoms with E-state index in [2.05, 4.69) is 11.8 Å². The average molecular weight is 253 g/mol. The van der Waals surface area contributed by atoms with Crippen LogP contribution in [0.25, 0.3) is 0 Å². The molecule has 90 valence electrons. The summed E-state index contributed by atoms with van der Waals surface area (Å²) in [5, 5.41) is 0.496. The van der Waals surface area contributed by atoms with Crippen molar-refractivity contribution in [2.75, 3.05) is 13.7 Å². The number of esters is 1. The maximum Gasteiger partial charge on any atom is 0.317 e. The Labute approximate surface area is 106 Å². The number of benzene rings is 1. The molecule has 0 unspecified atom stereocenters. The van der Waals surface area contributed by atoms with Gasteiger partial charge in [0.1, 0.15) is 12.2 Å². The largest absolute Gasteiger partial charge is 0.495 e. The van der Waals surface area contributed by atoms with Gasteiger partial charge in [0.15, 0.2) is 0 Å². The zero-order chi connectivity index (χ0) is 12.7. The molecule has 17 heavy (non-hydrogen) atoms. The summed E-state index contributed by atoms with van der Waals surface area (Å²) in [6.45, 7) is 2.13. The van der Waals surface area contributed by atoms with E-state index in [0.29, 0.717) is 17.4 Å². The molecule has 0 fully saturated rings. The minimum atomic E-state index is -0.320. The predicted molar refractivity (Wildman–Crippen MR) is 66.1 cm³/mol. The Balaban J connectivity index is 2.66. The summed E-state index contributed by atoms with van der Waals surface area (Å²) in [6.07, 6.45) is 0.0808. The third kappa shape index (κ3) is 4.38. The van der Waals surface area contributed by atoms with Crippen molar-refractivity contribution in [2.24, 2.45) is 0 Å². The maximum absolute atomic E-state index is 11.0. The summed E-state index contributed by atoms with van der Waals surface area (Å²) in [4.78, 5) is 11.0. The SMILES string of the molecule is CCOC(=O)CC#Cc1ccc(OC)c(Cl)c1. The van der Waals surface area contributed by atoms with E-state index in [1.807, 2.05) is 0 Å². The van der Waals surface area contributed by atoms with Gasteiger partial charge < -0.3 is 9.47 Å². The van der Waals surface area contributed by atoms with E-state index in [-0.39, 0.29) is 12.4 Å². The van der Waals surface area contributed by atoms with Crippen LogP contribution in [0.3, 0.4) is 0 Å². The summed E-state index contributed by atoms with van der Waals surface area (Å²) < 4.78 is 9.77. The van der Waals surface area contributed by atoms with E-state index in [9.17, 15) is 4.79 Å².